The van der Waals surface area contributed by atoms with Crippen molar-refractivity contribution in [3.05, 3.63) is 46.4 Å². The van der Waals surface area contributed by atoms with Crippen molar-refractivity contribution in [2.45, 2.75) is 24.7 Å². The minimum Gasteiger partial charge on any atom is -0.326 e. The first-order valence-corrected chi connectivity index (χ1v) is 11.4. The van der Waals surface area contributed by atoms with E-state index >= 15 is 0 Å². The predicted octanol–water partition coefficient (Wildman–Crippen LogP) is 3.33. The molecule has 0 bridgehead atoms. The molecule has 1 aliphatic heterocycles. The highest BCUT2D eigenvalue weighted by atomic mass is 79.9. The number of fused-ring (bicyclic) bond motifs is 1. The molecule has 1 N–H and O–H groups in total. The molecule has 1 aliphatic rings. The number of aromatic nitrogens is 2. The average molecular weight is 479 g/mol. The second-order valence-corrected chi connectivity index (χ2v) is 9.80. The molecule has 0 aliphatic carbocycles. The maximum atomic E-state index is 13.2. The zero-order valence-electron chi connectivity index (χ0n) is 15.6. The number of carbonyl (C=O) groups is 1. The number of nitrogens with zero attached hydrogens (tertiary/aromatic N) is 3. The van der Waals surface area contributed by atoms with Crippen molar-refractivity contribution >= 4 is 48.6 Å². The number of amides is 1. The Kier molecular flexibility index (Phi) is 5.41. The molecule has 29 heavy (non-hydrogen) atoms. The molecule has 8 nitrogen and oxygen atoms in total. The van der Waals surface area contributed by atoms with Crippen molar-refractivity contribution in [3.8, 4) is 0 Å². The summed E-state index contributed by atoms with van der Waals surface area (Å²) >= 11 is 3.44. The number of benzene rings is 2. The van der Waals surface area contributed by atoms with Crippen LogP contribution in [0, 0.1) is 12.8 Å². The Bertz CT molecular complexity index is 1180. The minimum absolute atomic E-state index is 0.0424. The first kappa shape index (κ1) is 20.0. The molecule has 1 fully saturated rings. The third-order valence-electron chi connectivity index (χ3n) is 5.05. The number of hydrogen-bond acceptors (Lipinski definition) is 6. The second kappa shape index (κ2) is 7.85. The smallest absolute Gasteiger partial charge is 0.245 e. The summed E-state index contributed by atoms with van der Waals surface area (Å²) in [6.45, 7) is 2.41. The zero-order valence-corrected chi connectivity index (χ0v) is 18.0. The van der Waals surface area contributed by atoms with Crippen molar-refractivity contribution < 1.29 is 17.8 Å². The van der Waals surface area contributed by atoms with Gasteiger partial charge in [-0.2, -0.15) is 4.31 Å². The van der Waals surface area contributed by atoms with Crippen molar-refractivity contribution in [2.75, 3.05) is 18.4 Å². The van der Waals surface area contributed by atoms with Crippen LogP contribution in [0.4, 0.5) is 5.69 Å². The molecule has 0 saturated carbocycles. The highest BCUT2D eigenvalue weighted by Gasteiger charge is 2.35. The standard InChI is InChI=1S/C19H19BrN4O4S/c1-12-10-14(7-8-15(12)20)21-19(25)13-4-3-9-24(11-13)29(26,27)17-6-2-5-16-18(17)23-28-22-16/h2,5-8,10,13H,3-4,9,11H2,1H3,(H,21,25)/t13-/m1/s1. The first-order valence-electron chi connectivity index (χ1n) is 9.15. The van der Waals surface area contributed by atoms with E-state index in [4.69, 9.17) is 0 Å². The van der Waals surface area contributed by atoms with Crippen LogP contribution in [0.2, 0.25) is 0 Å². The van der Waals surface area contributed by atoms with Crippen LogP contribution in [0.3, 0.4) is 0 Å². The van der Waals surface area contributed by atoms with E-state index in [1.807, 2.05) is 25.1 Å². The molecule has 10 heteroatoms. The molecule has 0 spiro atoms. The van der Waals surface area contributed by atoms with Crippen LogP contribution in [-0.4, -0.2) is 42.0 Å². The molecule has 2 heterocycles. The Morgan fingerprint density at radius 1 is 1.28 bits per heavy atom. The van der Waals surface area contributed by atoms with Gasteiger partial charge in [0, 0.05) is 23.2 Å². The lowest BCUT2D eigenvalue weighted by Gasteiger charge is -2.31. The third-order valence-corrected chi connectivity index (χ3v) is 7.83. The van der Waals surface area contributed by atoms with E-state index in [-0.39, 0.29) is 22.9 Å². The Hall–Kier alpha value is -2.30. The lowest BCUT2D eigenvalue weighted by molar-refractivity contribution is -0.120. The number of sulfonamides is 1. The highest BCUT2D eigenvalue weighted by molar-refractivity contribution is 9.10. The number of piperidine rings is 1. The van der Waals surface area contributed by atoms with Gasteiger partial charge in [0.05, 0.1) is 5.92 Å². The van der Waals surface area contributed by atoms with E-state index in [0.29, 0.717) is 30.6 Å². The molecule has 1 saturated heterocycles. The van der Waals surface area contributed by atoms with Crippen LogP contribution in [0.1, 0.15) is 18.4 Å². The molecule has 1 atom stereocenters. The number of rotatable bonds is 4. The van der Waals surface area contributed by atoms with Gasteiger partial charge in [0.1, 0.15) is 10.4 Å². The Morgan fingerprint density at radius 2 is 2.10 bits per heavy atom. The molecule has 152 valence electrons. The Morgan fingerprint density at radius 3 is 2.90 bits per heavy atom. The van der Waals surface area contributed by atoms with Gasteiger partial charge in [-0.15, -0.1) is 0 Å². The van der Waals surface area contributed by atoms with Gasteiger partial charge in [-0.05, 0) is 66.0 Å². The van der Waals surface area contributed by atoms with E-state index in [1.165, 1.54) is 10.4 Å². The number of nitrogens with one attached hydrogen (secondary N) is 1. The molecular weight excluding hydrogens is 460 g/mol. The van der Waals surface area contributed by atoms with Gasteiger partial charge < -0.3 is 5.32 Å². The summed E-state index contributed by atoms with van der Waals surface area (Å²) in [5.74, 6) is -0.620. The van der Waals surface area contributed by atoms with Crippen LogP contribution < -0.4 is 5.32 Å². The van der Waals surface area contributed by atoms with Crippen molar-refractivity contribution in [1.29, 1.82) is 0 Å². The van der Waals surface area contributed by atoms with Gasteiger partial charge in [-0.1, -0.05) is 22.0 Å². The molecule has 0 unspecified atom stereocenters. The SMILES string of the molecule is Cc1cc(NC(=O)[C@@H]2CCCN(S(=O)(=O)c3cccc4nonc34)C2)ccc1Br. The molecule has 1 amide bonds. The van der Waals surface area contributed by atoms with Crippen LogP contribution >= 0.6 is 15.9 Å². The van der Waals surface area contributed by atoms with E-state index in [1.54, 1.807) is 12.1 Å². The van der Waals surface area contributed by atoms with Crippen molar-refractivity contribution in [3.63, 3.8) is 0 Å². The largest absolute Gasteiger partial charge is 0.326 e. The lowest BCUT2D eigenvalue weighted by atomic mass is 9.98. The maximum absolute atomic E-state index is 13.2. The van der Waals surface area contributed by atoms with E-state index in [9.17, 15) is 13.2 Å². The fraction of sp³-hybridized carbons (Fsp3) is 0.316. The number of anilines is 1. The third kappa shape index (κ3) is 3.92. The number of halogens is 1. The fourth-order valence-electron chi connectivity index (χ4n) is 3.47. The van der Waals surface area contributed by atoms with Gasteiger partial charge in [0.25, 0.3) is 0 Å². The van der Waals surface area contributed by atoms with Crippen LogP contribution in [0.15, 0.2) is 50.4 Å². The van der Waals surface area contributed by atoms with Gasteiger partial charge >= 0.3 is 0 Å². The molecule has 1 aromatic heterocycles. The fourth-order valence-corrected chi connectivity index (χ4v) is 5.38. The van der Waals surface area contributed by atoms with Gasteiger partial charge in [-0.3, -0.25) is 4.79 Å². The Balaban J connectivity index is 1.53. The number of carbonyl (C=O) groups excluding carboxylic acids is 1. The quantitative estimate of drug-likeness (QED) is 0.616. The summed E-state index contributed by atoms with van der Waals surface area (Å²) in [6, 6.07) is 10.3. The summed E-state index contributed by atoms with van der Waals surface area (Å²) in [5, 5.41) is 10.3. The van der Waals surface area contributed by atoms with E-state index < -0.39 is 15.9 Å². The molecule has 4 rings (SSSR count). The maximum Gasteiger partial charge on any atom is 0.245 e. The van der Waals surface area contributed by atoms with Crippen LogP contribution in [0.5, 0.6) is 0 Å². The zero-order chi connectivity index (χ0) is 20.6. The summed E-state index contributed by atoms with van der Waals surface area (Å²) in [6.07, 6.45) is 1.23. The highest BCUT2D eigenvalue weighted by Crippen LogP contribution is 2.28. The average Bonchev–Trinajstić information content (AvgIpc) is 3.19. The number of aryl methyl sites for hydroxylation is 1. The molecular formula is C19H19BrN4O4S. The second-order valence-electron chi connectivity index (χ2n) is 7.04. The number of hydrogen-bond donors (Lipinski definition) is 1. The monoisotopic (exact) mass is 478 g/mol. The summed E-state index contributed by atoms with van der Waals surface area (Å²) in [7, 11) is -3.83. The molecule has 2 aromatic carbocycles. The van der Waals surface area contributed by atoms with E-state index in [0.717, 1.165) is 10.0 Å². The van der Waals surface area contributed by atoms with Gasteiger partial charge in [0.15, 0.2) is 5.52 Å². The summed E-state index contributed by atoms with van der Waals surface area (Å²) in [5.41, 5.74) is 2.27. The Labute approximate surface area is 176 Å². The van der Waals surface area contributed by atoms with Crippen LogP contribution in [-0.2, 0) is 14.8 Å². The predicted molar refractivity (Wildman–Crippen MR) is 111 cm³/mol. The topological polar surface area (TPSA) is 105 Å². The van der Waals surface area contributed by atoms with Crippen LogP contribution in [0.25, 0.3) is 11.0 Å². The molecule has 0 radical (unpaired) electrons. The van der Waals surface area contributed by atoms with Gasteiger partial charge in [-0.25, -0.2) is 13.0 Å². The summed E-state index contributed by atoms with van der Waals surface area (Å²) < 4.78 is 33.4. The van der Waals surface area contributed by atoms with Crippen molar-refractivity contribution in [2.24, 2.45) is 5.92 Å². The summed E-state index contributed by atoms with van der Waals surface area (Å²) in [4.78, 5) is 12.8. The molecule has 3 aromatic rings. The first-order chi connectivity index (χ1) is 13.9. The lowest BCUT2D eigenvalue weighted by Crippen LogP contribution is -2.43. The van der Waals surface area contributed by atoms with E-state index in [2.05, 4.69) is 36.2 Å². The van der Waals surface area contributed by atoms with Gasteiger partial charge in [0.2, 0.25) is 15.9 Å². The minimum atomic E-state index is -3.83. The normalized spacial score (nSPS) is 18.1. The van der Waals surface area contributed by atoms with Crippen molar-refractivity contribution in [1.82, 2.24) is 14.6 Å².